The third-order valence-electron chi connectivity index (χ3n) is 8.75. The number of aromatic nitrogens is 2. The minimum absolute atomic E-state index is 0.699. The Hall–Kier alpha value is -1.78. The third kappa shape index (κ3) is 5.32. The van der Waals surface area contributed by atoms with Crippen LogP contribution in [0.2, 0.25) is 0 Å². The molecule has 2 nitrogen and oxygen atoms in total. The van der Waals surface area contributed by atoms with E-state index in [2.05, 4.69) is 117 Å². The van der Waals surface area contributed by atoms with Crippen molar-refractivity contribution in [1.82, 2.24) is 9.13 Å². The number of hydrogen-bond donors (Lipinski definition) is 0. The minimum Gasteiger partial charge on any atom is -0.340 e. The minimum atomic E-state index is 0.699. The van der Waals surface area contributed by atoms with Crippen LogP contribution in [0.5, 0.6) is 0 Å². The van der Waals surface area contributed by atoms with Gasteiger partial charge in [0.2, 0.25) is 0 Å². The lowest BCUT2D eigenvalue weighted by atomic mass is 9.99. The summed E-state index contributed by atoms with van der Waals surface area (Å²) in [7, 11) is 0. The van der Waals surface area contributed by atoms with E-state index < -0.39 is 0 Å². The molecule has 0 aliphatic carbocycles. The van der Waals surface area contributed by atoms with Crippen LogP contribution in [-0.4, -0.2) is 9.13 Å². The fraction of sp³-hybridized carbons (Fsp3) is 0.471. The SMILES string of the molecule is CCCC[C@@H](CC)Cn1c2cc(Br)ccc2c2cc3c(cc21)c1ccc(Br)cc1n3C[C@H](CC)CCCC. The highest BCUT2D eigenvalue weighted by molar-refractivity contribution is 9.10. The van der Waals surface area contributed by atoms with Crippen LogP contribution in [0.4, 0.5) is 0 Å². The standard InChI is InChI=1S/C34H42Br2N2/c1-5-9-11-23(7-3)21-37-31-17-25(35)13-15-27(31)29-20-34-30(19-33(29)37)28-16-14-26(36)18-32(28)38(34)22-24(8-4)12-10-6-2/h13-20,23-24H,5-12,21-22H2,1-4H3/t23-,24-/m1/s1. The van der Waals surface area contributed by atoms with Gasteiger partial charge in [-0.15, -0.1) is 0 Å². The summed E-state index contributed by atoms with van der Waals surface area (Å²) in [6.07, 6.45) is 10.2. The number of unbranched alkanes of at least 4 members (excludes halogenated alkanes) is 2. The fourth-order valence-corrected chi connectivity index (χ4v) is 7.07. The molecule has 0 N–H and O–H groups in total. The Morgan fingerprint density at radius 3 is 1.32 bits per heavy atom. The molecule has 5 rings (SSSR count). The lowest BCUT2D eigenvalue weighted by Crippen LogP contribution is -2.10. The second-order valence-corrected chi connectivity index (χ2v) is 13.1. The molecule has 0 spiro atoms. The Morgan fingerprint density at radius 1 is 0.553 bits per heavy atom. The molecule has 0 bridgehead atoms. The molecule has 4 heteroatoms. The second kappa shape index (κ2) is 12.2. The molecule has 38 heavy (non-hydrogen) atoms. The fourth-order valence-electron chi connectivity index (χ4n) is 6.37. The molecule has 0 fully saturated rings. The largest absolute Gasteiger partial charge is 0.340 e. The number of halogens is 2. The van der Waals surface area contributed by atoms with Gasteiger partial charge in [-0.3, -0.25) is 0 Å². The molecule has 0 aliphatic heterocycles. The van der Waals surface area contributed by atoms with Crippen molar-refractivity contribution in [3.63, 3.8) is 0 Å². The lowest BCUT2D eigenvalue weighted by Gasteiger charge is -2.18. The first-order chi connectivity index (χ1) is 18.5. The van der Waals surface area contributed by atoms with Gasteiger partial charge in [0.25, 0.3) is 0 Å². The first-order valence-electron chi connectivity index (χ1n) is 14.8. The maximum Gasteiger partial charge on any atom is 0.0502 e. The van der Waals surface area contributed by atoms with Crippen LogP contribution < -0.4 is 0 Å². The molecule has 0 unspecified atom stereocenters. The molecule has 0 radical (unpaired) electrons. The van der Waals surface area contributed by atoms with Gasteiger partial charge in [0.05, 0.1) is 11.0 Å². The van der Waals surface area contributed by atoms with E-state index in [-0.39, 0.29) is 0 Å². The topological polar surface area (TPSA) is 9.86 Å². The van der Waals surface area contributed by atoms with Crippen LogP contribution >= 0.6 is 31.9 Å². The maximum absolute atomic E-state index is 3.77. The zero-order chi connectivity index (χ0) is 26.8. The van der Waals surface area contributed by atoms with E-state index >= 15 is 0 Å². The molecule has 0 saturated heterocycles. The third-order valence-corrected chi connectivity index (χ3v) is 9.73. The molecule has 202 valence electrons. The summed E-state index contributed by atoms with van der Waals surface area (Å²) in [4.78, 5) is 0. The van der Waals surface area contributed by atoms with Crippen LogP contribution in [0.25, 0.3) is 43.6 Å². The number of nitrogens with zero attached hydrogens (tertiary/aromatic N) is 2. The van der Waals surface area contributed by atoms with Crippen LogP contribution in [0, 0.1) is 11.8 Å². The van der Waals surface area contributed by atoms with Gasteiger partial charge in [0.1, 0.15) is 0 Å². The summed E-state index contributed by atoms with van der Waals surface area (Å²) >= 11 is 7.54. The summed E-state index contributed by atoms with van der Waals surface area (Å²) in [5.74, 6) is 1.40. The summed E-state index contributed by atoms with van der Waals surface area (Å²) in [5.41, 5.74) is 5.45. The van der Waals surface area contributed by atoms with Crippen molar-refractivity contribution in [2.24, 2.45) is 11.8 Å². The number of benzene rings is 3. The highest BCUT2D eigenvalue weighted by Gasteiger charge is 2.20. The second-order valence-electron chi connectivity index (χ2n) is 11.3. The van der Waals surface area contributed by atoms with Gasteiger partial charge in [-0.25, -0.2) is 0 Å². The van der Waals surface area contributed by atoms with Crippen LogP contribution in [0.3, 0.4) is 0 Å². The monoisotopic (exact) mass is 636 g/mol. The summed E-state index contributed by atoms with van der Waals surface area (Å²) < 4.78 is 7.55. The molecular formula is C34H42Br2N2. The molecule has 0 aliphatic rings. The van der Waals surface area contributed by atoms with Gasteiger partial charge in [0.15, 0.2) is 0 Å². The van der Waals surface area contributed by atoms with E-state index in [9.17, 15) is 0 Å². The van der Waals surface area contributed by atoms with Crippen molar-refractivity contribution in [2.75, 3.05) is 0 Å². The first-order valence-corrected chi connectivity index (χ1v) is 16.4. The quantitative estimate of drug-likeness (QED) is 0.129. The predicted octanol–water partition coefficient (Wildman–Crippen LogP) is 11.9. The molecule has 2 aromatic heterocycles. The van der Waals surface area contributed by atoms with E-state index in [1.54, 1.807) is 0 Å². The predicted molar refractivity (Wildman–Crippen MR) is 174 cm³/mol. The molecule has 3 aromatic carbocycles. The molecular weight excluding hydrogens is 596 g/mol. The Balaban J connectivity index is 1.76. The van der Waals surface area contributed by atoms with Crippen molar-refractivity contribution >= 4 is 75.5 Å². The lowest BCUT2D eigenvalue weighted by molar-refractivity contribution is 0.400. The van der Waals surface area contributed by atoms with Gasteiger partial charge in [-0.2, -0.15) is 0 Å². The average molecular weight is 639 g/mol. The van der Waals surface area contributed by atoms with Gasteiger partial charge >= 0.3 is 0 Å². The van der Waals surface area contributed by atoms with Gasteiger partial charge in [-0.1, -0.05) is 110 Å². The smallest absolute Gasteiger partial charge is 0.0502 e. The van der Waals surface area contributed by atoms with Crippen LogP contribution in [-0.2, 0) is 13.1 Å². The number of hydrogen-bond acceptors (Lipinski definition) is 0. The van der Waals surface area contributed by atoms with Crippen molar-refractivity contribution in [3.05, 3.63) is 57.5 Å². The maximum atomic E-state index is 3.77. The van der Waals surface area contributed by atoms with E-state index in [1.165, 1.54) is 95.0 Å². The molecule has 2 atom stereocenters. The normalized spacial score (nSPS) is 13.8. The van der Waals surface area contributed by atoms with Crippen molar-refractivity contribution < 1.29 is 0 Å². The first kappa shape index (κ1) is 27.8. The van der Waals surface area contributed by atoms with Gasteiger partial charge < -0.3 is 9.13 Å². The Bertz CT molecular complexity index is 1440. The molecule has 0 amide bonds. The van der Waals surface area contributed by atoms with Crippen molar-refractivity contribution in [3.8, 4) is 0 Å². The van der Waals surface area contributed by atoms with Gasteiger partial charge in [0, 0.05) is 54.6 Å². The highest BCUT2D eigenvalue weighted by Crippen LogP contribution is 2.39. The summed E-state index contributed by atoms with van der Waals surface area (Å²) in [6, 6.07) is 18.7. The zero-order valence-electron chi connectivity index (χ0n) is 23.5. The zero-order valence-corrected chi connectivity index (χ0v) is 26.7. The highest BCUT2D eigenvalue weighted by atomic mass is 79.9. The number of rotatable bonds is 12. The van der Waals surface area contributed by atoms with Crippen molar-refractivity contribution in [2.45, 2.75) is 92.2 Å². The Kier molecular flexibility index (Phi) is 8.89. The molecule has 0 saturated carbocycles. The van der Waals surface area contributed by atoms with E-state index in [0.29, 0.717) is 11.8 Å². The Morgan fingerprint density at radius 2 is 0.947 bits per heavy atom. The summed E-state index contributed by atoms with van der Waals surface area (Å²) in [5, 5.41) is 5.50. The molecule has 5 aromatic rings. The van der Waals surface area contributed by atoms with Crippen LogP contribution in [0.1, 0.15) is 79.1 Å². The van der Waals surface area contributed by atoms with Crippen LogP contribution in [0.15, 0.2) is 57.5 Å². The molecule has 2 heterocycles. The van der Waals surface area contributed by atoms with Crippen molar-refractivity contribution in [1.29, 1.82) is 0 Å². The summed E-state index contributed by atoms with van der Waals surface area (Å²) in [6.45, 7) is 11.5. The van der Waals surface area contributed by atoms with E-state index in [1.807, 2.05) is 0 Å². The number of fused-ring (bicyclic) bond motifs is 6. The van der Waals surface area contributed by atoms with E-state index in [4.69, 9.17) is 0 Å². The van der Waals surface area contributed by atoms with E-state index in [0.717, 1.165) is 22.0 Å². The van der Waals surface area contributed by atoms with Gasteiger partial charge in [-0.05, 0) is 61.1 Å². The Labute approximate surface area is 245 Å². The average Bonchev–Trinajstić information content (AvgIpc) is 3.38.